The average Bonchev–Trinajstić information content (AvgIpc) is 2.44. The lowest BCUT2D eigenvalue weighted by molar-refractivity contribution is -0.130. The molecule has 1 amide bonds. The van der Waals surface area contributed by atoms with Crippen LogP contribution in [0.5, 0.6) is 0 Å². The molecule has 1 aliphatic carbocycles. The minimum Gasteiger partial charge on any atom is -0.348 e. The van der Waals surface area contributed by atoms with Crippen LogP contribution in [0.2, 0.25) is 0 Å². The van der Waals surface area contributed by atoms with Crippen LogP contribution in [0, 0.1) is 5.92 Å². The summed E-state index contributed by atoms with van der Waals surface area (Å²) in [4.78, 5) is 12.2. The van der Waals surface area contributed by atoms with E-state index in [0.717, 1.165) is 0 Å². The summed E-state index contributed by atoms with van der Waals surface area (Å²) in [5.74, 6) is -0.400. The van der Waals surface area contributed by atoms with Crippen molar-refractivity contribution in [1.29, 1.82) is 0 Å². The number of nitrogens with zero attached hydrogens (tertiary/aromatic N) is 1. The van der Waals surface area contributed by atoms with Gasteiger partial charge in [-0.15, -0.1) is 0 Å². The molecule has 0 N–H and O–H groups in total. The van der Waals surface area contributed by atoms with Crippen molar-refractivity contribution in [2.45, 2.75) is 12.6 Å². The molecular formula is C6H10FNO. The van der Waals surface area contributed by atoms with Gasteiger partial charge >= 0.3 is 0 Å². The molecule has 0 spiro atoms. The number of carbonyl (C=O) groups excluding carboxylic acids is 1. The Hall–Kier alpha value is -0.600. The first-order chi connectivity index (χ1) is 4.13. The van der Waals surface area contributed by atoms with E-state index in [0.29, 0.717) is 6.42 Å². The normalized spacial score (nSPS) is 31.9. The van der Waals surface area contributed by atoms with Crippen molar-refractivity contribution in [2.75, 3.05) is 14.1 Å². The van der Waals surface area contributed by atoms with Crippen molar-refractivity contribution in [3.8, 4) is 0 Å². The van der Waals surface area contributed by atoms with Gasteiger partial charge in [0.25, 0.3) is 0 Å². The van der Waals surface area contributed by atoms with Gasteiger partial charge in [-0.2, -0.15) is 0 Å². The zero-order valence-electron chi connectivity index (χ0n) is 5.60. The first-order valence-corrected chi connectivity index (χ1v) is 2.98. The number of hydrogen-bond donors (Lipinski definition) is 0. The molecule has 1 aliphatic rings. The molecule has 1 rings (SSSR count). The van der Waals surface area contributed by atoms with E-state index in [1.165, 1.54) is 4.90 Å². The molecule has 0 aliphatic heterocycles. The summed E-state index contributed by atoms with van der Waals surface area (Å²) in [7, 11) is 3.29. The number of amides is 1. The molecule has 2 atom stereocenters. The van der Waals surface area contributed by atoms with Crippen molar-refractivity contribution in [1.82, 2.24) is 4.90 Å². The van der Waals surface area contributed by atoms with E-state index in [2.05, 4.69) is 0 Å². The van der Waals surface area contributed by atoms with Gasteiger partial charge in [0.05, 0.1) is 5.92 Å². The molecule has 0 bridgehead atoms. The van der Waals surface area contributed by atoms with Gasteiger partial charge in [-0.05, 0) is 6.42 Å². The average molecular weight is 131 g/mol. The summed E-state index contributed by atoms with van der Waals surface area (Å²) in [5.41, 5.74) is 0. The van der Waals surface area contributed by atoms with Crippen molar-refractivity contribution in [2.24, 2.45) is 5.92 Å². The maximum atomic E-state index is 12.1. The molecule has 0 aromatic heterocycles. The van der Waals surface area contributed by atoms with Gasteiger partial charge in [-0.25, -0.2) is 4.39 Å². The number of rotatable bonds is 1. The second kappa shape index (κ2) is 1.97. The number of hydrogen-bond acceptors (Lipinski definition) is 1. The van der Waals surface area contributed by atoms with Gasteiger partial charge in [0.15, 0.2) is 0 Å². The Kier molecular flexibility index (Phi) is 1.43. The van der Waals surface area contributed by atoms with Gasteiger partial charge in [0.2, 0.25) is 5.91 Å². The Morgan fingerprint density at radius 2 is 2.11 bits per heavy atom. The van der Waals surface area contributed by atoms with E-state index >= 15 is 0 Å². The number of alkyl halides is 1. The highest BCUT2D eigenvalue weighted by molar-refractivity contribution is 5.81. The lowest BCUT2D eigenvalue weighted by Gasteiger charge is -2.07. The maximum Gasteiger partial charge on any atom is 0.228 e. The fourth-order valence-corrected chi connectivity index (χ4v) is 0.751. The molecule has 0 aromatic rings. The SMILES string of the molecule is CN(C)C(=O)[C@@H]1C[C@@H]1F. The number of halogens is 1. The van der Waals surface area contributed by atoms with Gasteiger partial charge in [-0.1, -0.05) is 0 Å². The smallest absolute Gasteiger partial charge is 0.228 e. The standard InChI is InChI=1S/C6H10FNO/c1-8(2)6(9)4-3-5(4)7/h4-5H,3H2,1-2H3/t4-,5+/m1/s1. The van der Waals surface area contributed by atoms with E-state index in [9.17, 15) is 9.18 Å². The van der Waals surface area contributed by atoms with Gasteiger partial charge in [-0.3, -0.25) is 4.79 Å². The zero-order chi connectivity index (χ0) is 7.02. The van der Waals surface area contributed by atoms with E-state index < -0.39 is 6.17 Å². The maximum absolute atomic E-state index is 12.1. The summed E-state index contributed by atoms with van der Waals surface area (Å²) >= 11 is 0. The summed E-state index contributed by atoms with van der Waals surface area (Å²) in [5, 5.41) is 0. The highest BCUT2D eigenvalue weighted by Gasteiger charge is 2.44. The Balaban J connectivity index is 2.36. The fraction of sp³-hybridized carbons (Fsp3) is 0.833. The zero-order valence-corrected chi connectivity index (χ0v) is 5.60. The van der Waals surface area contributed by atoms with Crippen LogP contribution < -0.4 is 0 Å². The Morgan fingerprint density at radius 1 is 1.67 bits per heavy atom. The first kappa shape index (κ1) is 6.52. The third kappa shape index (κ3) is 1.20. The molecule has 1 fully saturated rings. The van der Waals surface area contributed by atoms with E-state index in [-0.39, 0.29) is 11.8 Å². The highest BCUT2D eigenvalue weighted by atomic mass is 19.1. The lowest BCUT2D eigenvalue weighted by atomic mass is 10.4. The minimum absolute atomic E-state index is 0.0810. The first-order valence-electron chi connectivity index (χ1n) is 2.98. The van der Waals surface area contributed by atoms with Crippen LogP contribution in [0.3, 0.4) is 0 Å². The highest BCUT2D eigenvalue weighted by Crippen LogP contribution is 2.34. The van der Waals surface area contributed by atoms with Crippen LogP contribution in [-0.4, -0.2) is 31.1 Å². The van der Waals surface area contributed by atoms with E-state index in [1.807, 2.05) is 0 Å². The Morgan fingerprint density at radius 3 is 2.22 bits per heavy atom. The summed E-state index contributed by atoms with van der Waals surface area (Å²) in [6, 6.07) is 0. The molecule has 0 heterocycles. The molecule has 52 valence electrons. The summed E-state index contributed by atoms with van der Waals surface area (Å²) < 4.78 is 12.1. The molecule has 9 heavy (non-hydrogen) atoms. The molecule has 1 saturated carbocycles. The van der Waals surface area contributed by atoms with Crippen molar-refractivity contribution >= 4 is 5.91 Å². The van der Waals surface area contributed by atoms with Crippen molar-refractivity contribution < 1.29 is 9.18 Å². The second-order valence-electron chi connectivity index (χ2n) is 2.59. The minimum atomic E-state index is -0.861. The van der Waals surface area contributed by atoms with Crippen LogP contribution in [0.1, 0.15) is 6.42 Å². The van der Waals surface area contributed by atoms with Gasteiger partial charge < -0.3 is 4.90 Å². The van der Waals surface area contributed by atoms with Crippen LogP contribution in [0.25, 0.3) is 0 Å². The second-order valence-corrected chi connectivity index (χ2v) is 2.59. The molecule has 0 aromatic carbocycles. The van der Waals surface area contributed by atoms with Crippen LogP contribution in [-0.2, 0) is 4.79 Å². The molecule has 0 saturated heterocycles. The van der Waals surface area contributed by atoms with E-state index in [4.69, 9.17) is 0 Å². The quantitative estimate of drug-likeness (QED) is 0.505. The molecule has 0 radical (unpaired) electrons. The van der Waals surface area contributed by atoms with Gasteiger partial charge in [0.1, 0.15) is 6.17 Å². The van der Waals surface area contributed by atoms with E-state index in [1.54, 1.807) is 14.1 Å². The largest absolute Gasteiger partial charge is 0.348 e. The van der Waals surface area contributed by atoms with Gasteiger partial charge in [0, 0.05) is 14.1 Å². The summed E-state index contributed by atoms with van der Waals surface area (Å²) in [6.07, 6.45) is -0.434. The monoisotopic (exact) mass is 131 g/mol. The summed E-state index contributed by atoms with van der Waals surface area (Å²) in [6.45, 7) is 0. The van der Waals surface area contributed by atoms with Crippen molar-refractivity contribution in [3.63, 3.8) is 0 Å². The van der Waals surface area contributed by atoms with Crippen LogP contribution in [0.15, 0.2) is 0 Å². The molecular weight excluding hydrogens is 121 g/mol. The van der Waals surface area contributed by atoms with Crippen LogP contribution >= 0.6 is 0 Å². The Labute approximate surface area is 53.6 Å². The van der Waals surface area contributed by atoms with Crippen molar-refractivity contribution in [3.05, 3.63) is 0 Å². The van der Waals surface area contributed by atoms with Crippen LogP contribution in [0.4, 0.5) is 4.39 Å². The third-order valence-electron chi connectivity index (χ3n) is 1.47. The molecule has 3 heteroatoms. The third-order valence-corrected chi connectivity index (χ3v) is 1.47. The fourth-order valence-electron chi connectivity index (χ4n) is 0.751. The number of carbonyl (C=O) groups is 1. The molecule has 2 nitrogen and oxygen atoms in total. The Bertz CT molecular complexity index is 135. The predicted molar refractivity (Wildman–Crippen MR) is 31.7 cm³/mol. The lowest BCUT2D eigenvalue weighted by Crippen LogP contribution is -2.24. The predicted octanol–water partition coefficient (Wildman–Crippen LogP) is 0.433. The topological polar surface area (TPSA) is 20.3 Å². The molecule has 0 unspecified atom stereocenters.